The van der Waals surface area contributed by atoms with Crippen LogP contribution in [0.4, 0.5) is 11.4 Å². The van der Waals surface area contributed by atoms with Crippen molar-refractivity contribution in [3.05, 3.63) is 95.2 Å². The average Bonchev–Trinajstić information content (AvgIpc) is 3.16. The second-order valence-corrected chi connectivity index (χ2v) is 10.3. The summed E-state index contributed by atoms with van der Waals surface area (Å²) in [7, 11) is 4.19. The fourth-order valence-electron chi connectivity index (χ4n) is 5.34. The maximum atomic E-state index is 3.94. The van der Waals surface area contributed by atoms with Crippen LogP contribution in [0.2, 0.25) is 0 Å². The molecule has 1 heterocycles. The van der Waals surface area contributed by atoms with Crippen molar-refractivity contribution in [2.75, 3.05) is 24.3 Å². The minimum Gasteiger partial charge on any atom is -0.378 e. The predicted octanol–water partition coefficient (Wildman–Crippen LogP) is 8.89. The van der Waals surface area contributed by atoms with Crippen molar-refractivity contribution in [2.24, 2.45) is 0 Å². The van der Waals surface area contributed by atoms with Crippen LogP contribution in [0.5, 0.6) is 0 Å². The highest BCUT2D eigenvalue weighted by molar-refractivity contribution is 5.87. The zero-order valence-corrected chi connectivity index (χ0v) is 22.8. The molecule has 1 unspecified atom stereocenters. The lowest BCUT2D eigenvalue weighted by molar-refractivity contribution is 0.559. The smallest absolute Gasteiger partial charge is 0.0791 e. The first-order valence-electron chi connectivity index (χ1n) is 13.7. The van der Waals surface area contributed by atoms with Gasteiger partial charge in [0, 0.05) is 54.2 Å². The maximum absolute atomic E-state index is 3.94. The molecular formula is C33H43N3. The lowest BCUT2D eigenvalue weighted by Gasteiger charge is -2.24. The van der Waals surface area contributed by atoms with Gasteiger partial charge in [-0.25, -0.2) is 0 Å². The van der Waals surface area contributed by atoms with Gasteiger partial charge < -0.3 is 14.8 Å². The van der Waals surface area contributed by atoms with Gasteiger partial charge in [-0.15, -0.1) is 0 Å². The van der Waals surface area contributed by atoms with Crippen molar-refractivity contribution in [1.29, 1.82) is 0 Å². The van der Waals surface area contributed by atoms with E-state index in [-0.39, 0.29) is 6.04 Å². The number of benzene rings is 3. The van der Waals surface area contributed by atoms with Gasteiger partial charge in [0.25, 0.3) is 0 Å². The molecule has 1 aromatic heterocycles. The molecule has 0 radical (unpaired) electrons. The van der Waals surface area contributed by atoms with Crippen LogP contribution in [-0.2, 0) is 6.54 Å². The third-order valence-corrected chi connectivity index (χ3v) is 7.49. The number of hydrogen-bond acceptors (Lipinski definition) is 2. The van der Waals surface area contributed by atoms with Gasteiger partial charge in [-0.05, 0) is 55.7 Å². The van der Waals surface area contributed by atoms with Crippen molar-refractivity contribution in [1.82, 2.24) is 4.57 Å². The molecule has 0 aliphatic heterocycles. The van der Waals surface area contributed by atoms with Crippen LogP contribution in [-0.4, -0.2) is 18.7 Å². The summed E-state index contributed by atoms with van der Waals surface area (Å²) >= 11 is 0. The van der Waals surface area contributed by atoms with E-state index in [0.717, 1.165) is 6.54 Å². The molecule has 0 saturated heterocycles. The molecule has 3 heteroatoms. The van der Waals surface area contributed by atoms with Gasteiger partial charge >= 0.3 is 0 Å². The number of fused-ring (bicyclic) bond motifs is 1. The summed E-state index contributed by atoms with van der Waals surface area (Å²) in [4.78, 5) is 2.16. The van der Waals surface area contributed by atoms with E-state index in [2.05, 4.69) is 122 Å². The first kappa shape index (κ1) is 25.9. The van der Waals surface area contributed by atoms with Crippen LogP contribution in [0.25, 0.3) is 10.9 Å². The van der Waals surface area contributed by atoms with Crippen molar-refractivity contribution in [2.45, 2.75) is 71.9 Å². The van der Waals surface area contributed by atoms with Gasteiger partial charge in [0.1, 0.15) is 0 Å². The first-order chi connectivity index (χ1) is 17.5. The average molecular weight is 482 g/mol. The lowest BCUT2D eigenvalue weighted by Crippen LogP contribution is -2.15. The summed E-state index contributed by atoms with van der Waals surface area (Å²) in [5.74, 6) is 0. The Morgan fingerprint density at radius 2 is 1.44 bits per heavy atom. The molecule has 0 fully saturated rings. The Kier molecular flexibility index (Phi) is 8.74. The number of hydrogen-bond donors (Lipinski definition) is 1. The molecule has 3 aromatic carbocycles. The van der Waals surface area contributed by atoms with E-state index in [1.807, 2.05) is 0 Å². The zero-order chi connectivity index (χ0) is 25.5. The number of unbranched alkanes of at least 4 members (excludes halogenated alkanes) is 5. The van der Waals surface area contributed by atoms with E-state index in [1.165, 1.54) is 83.2 Å². The summed E-state index contributed by atoms with van der Waals surface area (Å²) in [5, 5.41) is 5.29. The molecular weight excluding hydrogens is 438 g/mol. The number of nitrogens with zero attached hydrogens (tertiary/aromatic N) is 2. The number of aryl methyl sites for hydroxylation is 2. The summed E-state index contributed by atoms with van der Waals surface area (Å²) in [6.07, 6.45) is 7.89. The van der Waals surface area contributed by atoms with Gasteiger partial charge in [-0.1, -0.05) is 87.6 Å². The fraction of sp³-hybridized carbons (Fsp3) is 0.394. The Labute approximate surface area is 218 Å². The van der Waals surface area contributed by atoms with E-state index in [4.69, 9.17) is 0 Å². The van der Waals surface area contributed by atoms with Crippen LogP contribution in [0.1, 0.15) is 73.9 Å². The van der Waals surface area contributed by atoms with Gasteiger partial charge in [0.15, 0.2) is 0 Å². The highest BCUT2D eigenvalue weighted by atomic mass is 15.1. The van der Waals surface area contributed by atoms with Crippen molar-refractivity contribution >= 4 is 22.3 Å². The molecule has 0 bridgehead atoms. The van der Waals surface area contributed by atoms with Crippen LogP contribution in [0, 0.1) is 13.8 Å². The van der Waals surface area contributed by atoms with E-state index in [1.54, 1.807) is 0 Å². The number of nitrogens with one attached hydrogen (secondary N) is 1. The Bertz CT molecular complexity index is 1250. The highest BCUT2D eigenvalue weighted by Crippen LogP contribution is 2.37. The number of para-hydroxylation sites is 2. The predicted molar refractivity (Wildman–Crippen MR) is 157 cm³/mol. The molecule has 0 amide bonds. The number of aromatic nitrogens is 1. The largest absolute Gasteiger partial charge is 0.378 e. The Balaban J connectivity index is 1.74. The molecule has 190 valence electrons. The maximum Gasteiger partial charge on any atom is 0.0791 e. The van der Waals surface area contributed by atoms with Crippen molar-refractivity contribution < 1.29 is 0 Å². The number of anilines is 2. The molecule has 0 aliphatic carbocycles. The molecule has 0 spiro atoms. The van der Waals surface area contributed by atoms with Gasteiger partial charge in [0.2, 0.25) is 0 Å². The van der Waals surface area contributed by atoms with E-state index < -0.39 is 0 Å². The minimum absolute atomic E-state index is 0.0676. The molecule has 36 heavy (non-hydrogen) atoms. The molecule has 0 saturated carbocycles. The second-order valence-electron chi connectivity index (χ2n) is 10.3. The third-order valence-electron chi connectivity index (χ3n) is 7.49. The summed E-state index contributed by atoms with van der Waals surface area (Å²) in [6.45, 7) is 7.86. The highest BCUT2D eigenvalue weighted by Gasteiger charge is 2.24. The van der Waals surface area contributed by atoms with Crippen LogP contribution < -0.4 is 10.2 Å². The Morgan fingerprint density at radius 3 is 2.17 bits per heavy atom. The molecule has 1 atom stereocenters. The Morgan fingerprint density at radius 1 is 0.778 bits per heavy atom. The molecule has 4 aromatic rings. The second kappa shape index (κ2) is 12.2. The molecule has 1 N–H and O–H groups in total. The van der Waals surface area contributed by atoms with Crippen LogP contribution in [0.15, 0.2) is 72.8 Å². The normalized spacial score (nSPS) is 12.1. The monoisotopic (exact) mass is 481 g/mol. The van der Waals surface area contributed by atoms with Gasteiger partial charge in [-0.2, -0.15) is 0 Å². The molecule has 4 rings (SSSR count). The summed E-state index contributed by atoms with van der Waals surface area (Å²) in [6, 6.07) is 26.7. The topological polar surface area (TPSA) is 20.2 Å². The minimum atomic E-state index is 0.0676. The van der Waals surface area contributed by atoms with Crippen LogP contribution >= 0.6 is 0 Å². The van der Waals surface area contributed by atoms with Gasteiger partial charge in [0.05, 0.1) is 6.04 Å². The number of rotatable bonds is 12. The van der Waals surface area contributed by atoms with E-state index in [9.17, 15) is 0 Å². The SMILES string of the molecule is CCCCCCCCn1c(C)c(C(Nc2ccccc2C)c2ccc(N(C)C)cc2)c2ccccc21. The van der Waals surface area contributed by atoms with E-state index >= 15 is 0 Å². The van der Waals surface area contributed by atoms with Crippen molar-refractivity contribution in [3.8, 4) is 0 Å². The van der Waals surface area contributed by atoms with E-state index in [0.29, 0.717) is 0 Å². The van der Waals surface area contributed by atoms with Gasteiger partial charge in [-0.3, -0.25) is 0 Å². The third kappa shape index (κ3) is 5.78. The lowest BCUT2D eigenvalue weighted by atomic mass is 9.95. The molecule has 3 nitrogen and oxygen atoms in total. The quantitative estimate of drug-likeness (QED) is 0.204. The fourth-order valence-corrected chi connectivity index (χ4v) is 5.34. The first-order valence-corrected chi connectivity index (χ1v) is 13.7. The summed E-state index contributed by atoms with van der Waals surface area (Å²) in [5.41, 5.74) is 9.06. The Hall–Kier alpha value is -3.20. The standard InChI is InChI=1S/C33H43N3/c1-6-7-8-9-10-15-24-36-26(3)32(29-17-12-14-19-31(29)36)33(34-30-18-13-11-16-25(30)2)27-20-22-28(23-21-27)35(4)5/h11-14,16-23,33-34H,6-10,15,24H2,1-5H3. The zero-order valence-electron chi connectivity index (χ0n) is 22.8. The molecule has 0 aliphatic rings. The van der Waals surface area contributed by atoms with Crippen LogP contribution in [0.3, 0.4) is 0 Å². The van der Waals surface area contributed by atoms with Crippen molar-refractivity contribution in [3.63, 3.8) is 0 Å². The summed E-state index contributed by atoms with van der Waals surface area (Å²) < 4.78 is 2.56.